The van der Waals surface area contributed by atoms with Gasteiger partial charge in [-0.25, -0.2) is 9.78 Å². The Kier molecular flexibility index (Phi) is 4.17. The number of ether oxygens (including phenoxy) is 1. The number of nitrogens with two attached hydrogens (primary N) is 1. The van der Waals surface area contributed by atoms with Gasteiger partial charge in [0.1, 0.15) is 11.3 Å². The predicted octanol–water partition coefficient (Wildman–Crippen LogP) is 1.63. The number of nitrogens with zero attached hydrogens (tertiary/aromatic N) is 1. The maximum Gasteiger partial charge on any atom is 0.404 e. The number of pyridine rings is 1. The summed E-state index contributed by atoms with van der Waals surface area (Å²) in [5.74, 6) is 0. The Hall–Kier alpha value is -1.49. The molecule has 0 spiro atoms. The molecular formula is C9H12ClN3O2. The zero-order valence-corrected chi connectivity index (χ0v) is 8.99. The van der Waals surface area contributed by atoms with Gasteiger partial charge in [0.15, 0.2) is 0 Å². The summed E-state index contributed by atoms with van der Waals surface area (Å²) in [6, 6.07) is 3.45. The monoisotopic (exact) mass is 229 g/mol. The SMILES string of the molecule is CC(CNc1ccnc(Cl)c1)OC(N)=O. The maximum atomic E-state index is 10.4. The Balaban J connectivity index is 2.40. The first kappa shape index (κ1) is 11.6. The average Bonchev–Trinajstić information content (AvgIpc) is 2.14. The third-order valence-electron chi connectivity index (χ3n) is 1.64. The number of anilines is 1. The summed E-state index contributed by atoms with van der Waals surface area (Å²) in [5, 5.41) is 3.44. The topological polar surface area (TPSA) is 77.2 Å². The zero-order valence-electron chi connectivity index (χ0n) is 8.24. The van der Waals surface area contributed by atoms with Crippen molar-refractivity contribution in [1.82, 2.24) is 4.98 Å². The minimum Gasteiger partial charge on any atom is -0.445 e. The molecule has 1 heterocycles. The molecule has 0 aliphatic heterocycles. The normalized spacial score (nSPS) is 11.9. The Morgan fingerprint density at radius 3 is 3.13 bits per heavy atom. The van der Waals surface area contributed by atoms with E-state index in [1.54, 1.807) is 25.3 Å². The largest absolute Gasteiger partial charge is 0.445 e. The third-order valence-corrected chi connectivity index (χ3v) is 1.84. The number of hydrogen-bond acceptors (Lipinski definition) is 4. The molecule has 1 atom stereocenters. The van der Waals surface area contributed by atoms with Crippen LogP contribution in [0.3, 0.4) is 0 Å². The molecule has 5 nitrogen and oxygen atoms in total. The molecule has 1 aromatic heterocycles. The van der Waals surface area contributed by atoms with Gasteiger partial charge in [0.2, 0.25) is 0 Å². The third kappa shape index (κ3) is 4.51. The first-order chi connectivity index (χ1) is 7.08. The Morgan fingerprint density at radius 2 is 2.53 bits per heavy atom. The first-order valence-electron chi connectivity index (χ1n) is 4.39. The molecule has 0 aromatic carbocycles. The number of halogens is 1. The van der Waals surface area contributed by atoms with Gasteiger partial charge in [-0.3, -0.25) is 0 Å². The van der Waals surface area contributed by atoms with Crippen LogP contribution in [0.2, 0.25) is 5.15 Å². The van der Waals surface area contributed by atoms with Gasteiger partial charge in [-0.1, -0.05) is 11.6 Å². The van der Waals surface area contributed by atoms with E-state index < -0.39 is 6.09 Å². The summed E-state index contributed by atoms with van der Waals surface area (Å²) in [6.45, 7) is 2.20. The molecule has 15 heavy (non-hydrogen) atoms. The highest BCUT2D eigenvalue weighted by atomic mass is 35.5. The zero-order chi connectivity index (χ0) is 11.3. The van der Waals surface area contributed by atoms with E-state index in [0.29, 0.717) is 11.7 Å². The number of carbonyl (C=O) groups is 1. The Bertz CT molecular complexity index is 346. The molecule has 82 valence electrons. The number of carbonyl (C=O) groups excluding carboxylic acids is 1. The summed E-state index contributed by atoms with van der Waals surface area (Å²) in [5.41, 5.74) is 5.68. The van der Waals surface area contributed by atoms with Crippen molar-refractivity contribution in [3.63, 3.8) is 0 Å². The van der Waals surface area contributed by atoms with Crippen LogP contribution in [0.1, 0.15) is 6.92 Å². The van der Waals surface area contributed by atoms with Crippen molar-refractivity contribution >= 4 is 23.4 Å². The lowest BCUT2D eigenvalue weighted by molar-refractivity contribution is 0.122. The van der Waals surface area contributed by atoms with Gasteiger partial charge < -0.3 is 15.8 Å². The van der Waals surface area contributed by atoms with Gasteiger partial charge in [-0.05, 0) is 19.1 Å². The highest BCUT2D eigenvalue weighted by molar-refractivity contribution is 6.29. The van der Waals surface area contributed by atoms with Crippen molar-refractivity contribution in [2.75, 3.05) is 11.9 Å². The summed E-state index contributed by atoms with van der Waals surface area (Å²) >= 11 is 5.69. The van der Waals surface area contributed by atoms with Crippen LogP contribution in [0.4, 0.5) is 10.5 Å². The molecule has 0 saturated heterocycles. The van der Waals surface area contributed by atoms with Gasteiger partial charge in [0.05, 0.1) is 6.54 Å². The van der Waals surface area contributed by atoms with Gasteiger partial charge >= 0.3 is 6.09 Å². The molecule has 3 N–H and O–H groups in total. The molecule has 1 rings (SSSR count). The average molecular weight is 230 g/mol. The lowest BCUT2D eigenvalue weighted by Crippen LogP contribution is -2.26. The minimum absolute atomic E-state index is 0.297. The second kappa shape index (κ2) is 5.41. The summed E-state index contributed by atoms with van der Waals surface area (Å²) in [7, 11) is 0. The van der Waals surface area contributed by atoms with Crippen molar-refractivity contribution in [3.8, 4) is 0 Å². The van der Waals surface area contributed by atoms with Crippen molar-refractivity contribution in [2.24, 2.45) is 5.73 Å². The van der Waals surface area contributed by atoms with Crippen LogP contribution in [0.15, 0.2) is 18.3 Å². The molecule has 1 aromatic rings. The standard InChI is InChI=1S/C9H12ClN3O2/c1-6(15-9(11)14)5-13-7-2-3-12-8(10)4-7/h2-4,6H,5H2,1H3,(H2,11,14)(H,12,13). The molecular weight excluding hydrogens is 218 g/mol. The van der Waals surface area contributed by atoms with Gasteiger partial charge in [0, 0.05) is 11.9 Å². The van der Waals surface area contributed by atoms with Crippen LogP contribution >= 0.6 is 11.6 Å². The summed E-state index contributed by atoms with van der Waals surface area (Å²) in [6.07, 6.45) is 0.510. The molecule has 0 aliphatic rings. The van der Waals surface area contributed by atoms with Crippen molar-refractivity contribution in [3.05, 3.63) is 23.5 Å². The molecule has 0 radical (unpaired) electrons. The van der Waals surface area contributed by atoms with Crippen molar-refractivity contribution in [2.45, 2.75) is 13.0 Å². The van der Waals surface area contributed by atoms with Crippen molar-refractivity contribution < 1.29 is 9.53 Å². The second-order valence-corrected chi connectivity index (χ2v) is 3.38. The van der Waals surface area contributed by atoms with Gasteiger partial charge in [-0.15, -0.1) is 0 Å². The van der Waals surface area contributed by atoms with Crippen LogP contribution in [0.25, 0.3) is 0 Å². The lowest BCUT2D eigenvalue weighted by atomic mass is 10.3. The fourth-order valence-corrected chi connectivity index (χ4v) is 1.19. The number of rotatable bonds is 4. The molecule has 6 heteroatoms. The van der Waals surface area contributed by atoms with Crippen LogP contribution in [0, 0.1) is 0 Å². The Labute approximate surface area is 92.6 Å². The number of aromatic nitrogens is 1. The molecule has 0 bridgehead atoms. The van der Waals surface area contributed by atoms with Crippen LogP contribution < -0.4 is 11.1 Å². The second-order valence-electron chi connectivity index (χ2n) is 3.00. The molecule has 0 fully saturated rings. The van der Waals surface area contributed by atoms with E-state index in [2.05, 4.69) is 10.3 Å². The van der Waals surface area contributed by atoms with Gasteiger partial charge in [-0.2, -0.15) is 0 Å². The Morgan fingerprint density at radius 1 is 1.80 bits per heavy atom. The van der Waals surface area contributed by atoms with E-state index >= 15 is 0 Å². The number of amides is 1. The highest BCUT2D eigenvalue weighted by Gasteiger charge is 2.05. The highest BCUT2D eigenvalue weighted by Crippen LogP contribution is 2.11. The van der Waals surface area contributed by atoms with E-state index in [9.17, 15) is 4.79 Å². The summed E-state index contributed by atoms with van der Waals surface area (Å²) < 4.78 is 4.73. The molecule has 1 unspecified atom stereocenters. The lowest BCUT2D eigenvalue weighted by Gasteiger charge is -2.13. The predicted molar refractivity (Wildman–Crippen MR) is 57.9 cm³/mol. The maximum absolute atomic E-state index is 10.4. The summed E-state index contributed by atoms with van der Waals surface area (Å²) in [4.78, 5) is 14.3. The molecule has 0 aliphatic carbocycles. The van der Waals surface area contributed by atoms with E-state index in [4.69, 9.17) is 22.1 Å². The van der Waals surface area contributed by atoms with E-state index in [1.165, 1.54) is 0 Å². The molecule has 0 saturated carbocycles. The van der Waals surface area contributed by atoms with Crippen LogP contribution in [-0.4, -0.2) is 23.7 Å². The first-order valence-corrected chi connectivity index (χ1v) is 4.77. The smallest absolute Gasteiger partial charge is 0.404 e. The molecule has 1 amide bonds. The number of hydrogen-bond donors (Lipinski definition) is 2. The van der Waals surface area contributed by atoms with Crippen LogP contribution in [-0.2, 0) is 4.74 Å². The van der Waals surface area contributed by atoms with E-state index in [1.807, 2.05) is 0 Å². The quantitative estimate of drug-likeness (QED) is 0.770. The fraction of sp³-hybridized carbons (Fsp3) is 0.333. The van der Waals surface area contributed by atoms with Crippen molar-refractivity contribution in [1.29, 1.82) is 0 Å². The van der Waals surface area contributed by atoms with Crippen LogP contribution in [0.5, 0.6) is 0 Å². The number of primary amides is 1. The van der Waals surface area contributed by atoms with E-state index in [0.717, 1.165) is 5.69 Å². The van der Waals surface area contributed by atoms with E-state index in [-0.39, 0.29) is 6.10 Å². The van der Waals surface area contributed by atoms with Gasteiger partial charge in [0.25, 0.3) is 0 Å². The number of nitrogens with one attached hydrogen (secondary N) is 1. The minimum atomic E-state index is -0.780. The fourth-order valence-electron chi connectivity index (χ4n) is 1.01.